The van der Waals surface area contributed by atoms with E-state index in [4.69, 9.17) is 9.47 Å². The topological polar surface area (TPSA) is 194 Å². The van der Waals surface area contributed by atoms with E-state index in [-0.39, 0.29) is 53.7 Å². The summed E-state index contributed by atoms with van der Waals surface area (Å²) >= 11 is 0. The lowest BCUT2D eigenvalue weighted by atomic mass is 10.1. The van der Waals surface area contributed by atoms with Crippen molar-refractivity contribution in [3.63, 3.8) is 0 Å². The Hall–Kier alpha value is -6.62. The second-order valence-electron chi connectivity index (χ2n) is 16.1. The number of benzene rings is 1. The molecule has 2 aliphatic heterocycles. The van der Waals surface area contributed by atoms with Crippen LogP contribution < -0.4 is 36.1 Å². The molecule has 6 rings (SSSR count). The largest absolute Gasteiger partial charge is 0.493 e. The molecule has 1 aromatic carbocycles. The fourth-order valence-electron chi connectivity index (χ4n) is 7.05. The molecule has 5 heterocycles. The van der Waals surface area contributed by atoms with Crippen molar-refractivity contribution in [2.45, 2.75) is 58.0 Å². The number of nitrogens with zero attached hydrogens (tertiary/aromatic N) is 5. The Morgan fingerprint density at radius 3 is 1.97 bits per heavy atom. The van der Waals surface area contributed by atoms with Gasteiger partial charge >= 0.3 is 0 Å². The molecule has 0 unspecified atom stereocenters. The van der Waals surface area contributed by atoms with Gasteiger partial charge < -0.3 is 54.7 Å². The summed E-state index contributed by atoms with van der Waals surface area (Å²) < 4.78 is 16.3. The average Bonchev–Trinajstić information content (AvgIpc) is 3.94. The fraction of sp³-hybridized carbons (Fsp3) is 0.395. The van der Waals surface area contributed by atoms with E-state index in [0.29, 0.717) is 71.4 Å². The first-order valence-corrected chi connectivity index (χ1v) is 19.8. The van der Waals surface area contributed by atoms with Gasteiger partial charge in [-0.25, -0.2) is 0 Å². The average molecular weight is 823 g/mol. The van der Waals surface area contributed by atoms with Crippen molar-refractivity contribution in [3.8, 4) is 11.5 Å². The second-order valence-corrected chi connectivity index (χ2v) is 16.1. The SMILES string of the molecule is C=C1C[C@H]2C=Nc3cc(OCCCC(=O)Nc4cc(C(=O)Nc5cc(C(=O)Nc6cc(C(=O)NCCCNC(C)(C)C)n(C)c6)n(C)c5)n(C)c4)c(OC)cc3C(=O)N2C1. The van der Waals surface area contributed by atoms with Crippen molar-refractivity contribution < 1.29 is 33.4 Å². The van der Waals surface area contributed by atoms with Crippen molar-refractivity contribution in [2.24, 2.45) is 26.1 Å². The molecule has 5 N–H and O–H groups in total. The number of fused-ring (bicyclic) bond motifs is 2. The molecule has 0 radical (unpaired) electrons. The van der Waals surface area contributed by atoms with Gasteiger partial charge in [-0.15, -0.1) is 0 Å². The molecule has 1 saturated heterocycles. The molecule has 1 atom stereocenters. The predicted molar refractivity (Wildman–Crippen MR) is 230 cm³/mol. The molecule has 1 fully saturated rings. The standard InChI is InChI=1S/C43H54N10O7/c1-26-15-30-21-45-32-20-37(36(59-8)19-31(32)42(58)53(30)22-26)60-14-9-11-38(54)47-27-16-34(51(6)23-27)40(56)49-29-18-35(52(7)25-29)41(57)48-28-17-33(50(5)24-28)39(55)44-12-10-13-46-43(2,3)4/h16-21,23-25,30,46H,1,9-15,22H2,2-8H3,(H,44,55)(H,47,54)(H,48,57)(H,49,56)/t30-/m0/s1. The lowest BCUT2D eigenvalue weighted by molar-refractivity contribution is -0.116. The van der Waals surface area contributed by atoms with Crippen LogP contribution in [0.5, 0.6) is 11.5 Å². The van der Waals surface area contributed by atoms with Crippen LogP contribution in [-0.2, 0) is 25.9 Å². The monoisotopic (exact) mass is 822 g/mol. The quantitative estimate of drug-likeness (QED) is 0.0769. The molecule has 0 saturated carbocycles. The molecule has 0 aliphatic carbocycles. The van der Waals surface area contributed by atoms with Crippen molar-refractivity contribution in [3.05, 3.63) is 83.7 Å². The van der Waals surface area contributed by atoms with Crippen LogP contribution in [-0.4, -0.2) is 99.3 Å². The third-order valence-electron chi connectivity index (χ3n) is 10.1. The molecule has 0 bridgehead atoms. The van der Waals surface area contributed by atoms with Gasteiger partial charge in [0, 0.05) is 77.1 Å². The second kappa shape index (κ2) is 18.1. The summed E-state index contributed by atoms with van der Waals surface area (Å²) in [7, 11) is 6.60. The smallest absolute Gasteiger partial charge is 0.272 e. The Bertz CT molecular complexity index is 2340. The van der Waals surface area contributed by atoms with E-state index in [0.717, 1.165) is 18.5 Å². The minimum Gasteiger partial charge on any atom is -0.493 e. The van der Waals surface area contributed by atoms with Crippen LogP contribution in [0.2, 0.25) is 0 Å². The van der Waals surface area contributed by atoms with Crippen LogP contribution in [0.3, 0.4) is 0 Å². The number of ether oxygens (including phenoxy) is 2. The van der Waals surface area contributed by atoms with Crippen molar-refractivity contribution >= 4 is 58.5 Å². The number of aryl methyl sites for hydroxylation is 3. The summed E-state index contributed by atoms with van der Waals surface area (Å²) in [4.78, 5) is 71.8. The Morgan fingerprint density at radius 1 is 0.800 bits per heavy atom. The van der Waals surface area contributed by atoms with Crippen LogP contribution in [0.15, 0.2) is 66.1 Å². The molecule has 5 amide bonds. The zero-order chi connectivity index (χ0) is 43.3. The summed E-state index contributed by atoms with van der Waals surface area (Å²) in [5, 5.41) is 14.8. The summed E-state index contributed by atoms with van der Waals surface area (Å²) in [6.07, 6.45) is 8.66. The first-order valence-electron chi connectivity index (χ1n) is 19.8. The number of methoxy groups -OCH3 is 1. The highest BCUT2D eigenvalue weighted by molar-refractivity contribution is 6.08. The Kier molecular flexibility index (Phi) is 13.0. The number of rotatable bonds is 16. The third-order valence-corrected chi connectivity index (χ3v) is 10.1. The van der Waals surface area contributed by atoms with Gasteiger partial charge in [-0.2, -0.15) is 0 Å². The first kappa shape index (κ1) is 43.0. The zero-order valence-corrected chi connectivity index (χ0v) is 35.2. The summed E-state index contributed by atoms with van der Waals surface area (Å²) in [6.45, 7) is 12.3. The van der Waals surface area contributed by atoms with E-state index >= 15 is 0 Å². The lowest BCUT2D eigenvalue weighted by Crippen LogP contribution is -2.38. The summed E-state index contributed by atoms with van der Waals surface area (Å²) in [6, 6.07) is 7.92. The Labute approximate surface area is 349 Å². The maximum absolute atomic E-state index is 13.3. The van der Waals surface area contributed by atoms with Gasteiger partial charge in [0.1, 0.15) is 17.1 Å². The van der Waals surface area contributed by atoms with Crippen LogP contribution >= 0.6 is 0 Å². The molecular weight excluding hydrogens is 769 g/mol. The number of carbonyl (C=O) groups excluding carboxylic acids is 5. The van der Waals surface area contributed by atoms with Gasteiger partial charge in [0.15, 0.2) is 11.5 Å². The molecule has 2 aliphatic rings. The van der Waals surface area contributed by atoms with Crippen molar-refractivity contribution in [1.29, 1.82) is 0 Å². The number of hydrogen-bond acceptors (Lipinski definition) is 9. The first-order chi connectivity index (χ1) is 28.5. The van der Waals surface area contributed by atoms with Gasteiger partial charge in [0.25, 0.3) is 23.6 Å². The molecule has 0 spiro atoms. The number of carbonyl (C=O) groups is 5. The number of aromatic nitrogens is 3. The summed E-state index contributed by atoms with van der Waals surface area (Å²) in [5.41, 5.74) is 4.17. The van der Waals surface area contributed by atoms with Gasteiger partial charge in [-0.3, -0.25) is 29.0 Å². The van der Waals surface area contributed by atoms with E-state index < -0.39 is 11.8 Å². The van der Waals surface area contributed by atoms with Gasteiger partial charge in [0.05, 0.1) is 48.1 Å². The van der Waals surface area contributed by atoms with E-state index in [2.05, 4.69) is 58.9 Å². The number of amides is 5. The van der Waals surface area contributed by atoms with E-state index in [1.54, 1.807) is 94.9 Å². The molecule has 17 heteroatoms. The zero-order valence-electron chi connectivity index (χ0n) is 35.2. The minimum atomic E-state index is -0.441. The van der Waals surface area contributed by atoms with Crippen LogP contribution in [0.25, 0.3) is 0 Å². The fourth-order valence-corrected chi connectivity index (χ4v) is 7.05. The van der Waals surface area contributed by atoms with E-state index in [1.807, 2.05) is 0 Å². The Morgan fingerprint density at radius 2 is 1.38 bits per heavy atom. The molecule has 17 nitrogen and oxygen atoms in total. The highest BCUT2D eigenvalue weighted by Gasteiger charge is 2.34. The molecule has 318 valence electrons. The van der Waals surface area contributed by atoms with Gasteiger partial charge in [0.2, 0.25) is 5.91 Å². The highest BCUT2D eigenvalue weighted by atomic mass is 16.5. The minimum absolute atomic E-state index is 0.00569. The molecule has 4 aromatic rings. The number of nitrogens with one attached hydrogen (secondary N) is 5. The molecular formula is C43H54N10O7. The van der Waals surface area contributed by atoms with Crippen molar-refractivity contribution in [2.75, 3.05) is 49.3 Å². The van der Waals surface area contributed by atoms with Crippen molar-refractivity contribution in [1.82, 2.24) is 29.2 Å². The Balaban J connectivity index is 0.970. The summed E-state index contributed by atoms with van der Waals surface area (Å²) in [5.74, 6) is -0.702. The third kappa shape index (κ3) is 10.3. The van der Waals surface area contributed by atoms with E-state index in [9.17, 15) is 24.0 Å². The highest BCUT2D eigenvalue weighted by Crippen LogP contribution is 2.38. The van der Waals surface area contributed by atoms with Crippen LogP contribution in [0, 0.1) is 0 Å². The van der Waals surface area contributed by atoms with Gasteiger partial charge in [-0.05, 0) is 70.8 Å². The maximum atomic E-state index is 13.3. The molecule has 3 aromatic heterocycles. The molecule has 60 heavy (non-hydrogen) atoms. The normalized spacial score (nSPS) is 14.7. The number of aliphatic imine (C=N–C) groups is 1. The predicted octanol–water partition coefficient (Wildman–Crippen LogP) is 5.01. The number of anilines is 3. The lowest BCUT2D eigenvalue weighted by Gasteiger charge is -2.20. The van der Waals surface area contributed by atoms with Crippen LogP contribution in [0.4, 0.5) is 22.7 Å². The van der Waals surface area contributed by atoms with E-state index in [1.165, 1.54) is 7.11 Å². The van der Waals surface area contributed by atoms with Crippen LogP contribution in [0.1, 0.15) is 88.3 Å². The maximum Gasteiger partial charge on any atom is 0.272 e. The van der Waals surface area contributed by atoms with Gasteiger partial charge in [-0.1, -0.05) is 12.2 Å². The number of hydrogen-bond donors (Lipinski definition) is 5.